The topological polar surface area (TPSA) is 93.1 Å². The summed E-state index contributed by atoms with van der Waals surface area (Å²) in [5.41, 5.74) is 1.08. The highest BCUT2D eigenvalue weighted by atomic mass is 79.9. The van der Waals surface area contributed by atoms with Gasteiger partial charge in [0.05, 0.1) is 22.1 Å². The van der Waals surface area contributed by atoms with Crippen molar-refractivity contribution in [1.82, 2.24) is 14.5 Å². The van der Waals surface area contributed by atoms with E-state index in [0.29, 0.717) is 18.7 Å². The number of carbonyl (C=O) groups is 1. The Morgan fingerprint density at radius 2 is 2.16 bits per heavy atom. The van der Waals surface area contributed by atoms with E-state index < -0.39 is 15.4 Å². The number of fused-ring (bicyclic) bond motifs is 1. The summed E-state index contributed by atoms with van der Waals surface area (Å²) in [6, 6.07) is 4.79. The zero-order valence-corrected chi connectivity index (χ0v) is 16.3. The number of nitrogens with one attached hydrogen (secondary N) is 2. The van der Waals surface area contributed by atoms with Gasteiger partial charge in [0.15, 0.2) is 0 Å². The fourth-order valence-corrected chi connectivity index (χ4v) is 4.26. The van der Waals surface area contributed by atoms with Crippen molar-refractivity contribution in [3.63, 3.8) is 0 Å². The van der Waals surface area contributed by atoms with Crippen LogP contribution in [-0.2, 0) is 26.8 Å². The first-order valence-corrected chi connectivity index (χ1v) is 10.1. The molecule has 2 heterocycles. The fraction of sp³-hybridized carbons (Fsp3) is 0.375. The van der Waals surface area contributed by atoms with Crippen LogP contribution < -0.4 is 10.0 Å². The smallest absolute Gasteiger partial charge is 0.240 e. The Morgan fingerprint density at radius 1 is 1.40 bits per heavy atom. The van der Waals surface area contributed by atoms with E-state index in [1.807, 2.05) is 13.8 Å². The lowest BCUT2D eigenvalue weighted by molar-refractivity contribution is -0.117. The van der Waals surface area contributed by atoms with E-state index in [1.54, 1.807) is 29.2 Å². The van der Waals surface area contributed by atoms with Crippen LogP contribution in [0.2, 0.25) is 0 Å². The Balaban J connectivity index is 1.77. The lowest BCUT2D eigenvalue weighted by atomic mass is 9.78. The SMILES string of the molecule is CC1(C)CC(=O)Nc2ccc(S(=O)(=O)NCCn3cc(Br)cn3)cc21. The van der Waals surface area contributed by atoms with Gasteiger partial charge in [-0.3, -0.25) is 9.48 Å². The van der Waals surface area contributed by atoms with Crippen LogP contribution in [0.4, 0.5) is 5.69 Å². The lowest BCUT2D eigenvalue weighted by Gasteiger charge is -2.32. The number of hydrogen-bond acceptors (Lipinski definition) is 4. The number of amides is 1. The minimum absolute atomic E-state index is 0.0587. The largest absolute Gasteiger partial charge is 0.326 e. The Bertz CT molecular complexity index is 921. The minimum Gasteiger partial charge on any atom is -0.326 e. The van der Waals surface area contributed by atoms with Crippen LogP contribution in [-0.4, -0.2) is 30.7 Å². The van der Waals surface area contributed by atoms with E-state index in [9.17, 15) is 13.2 Å². The van der Waals surface area contributed by atoms with E-state index in [1.165, 1.54) is 6.07 Å². The summed E-state index contributed by atoms with van der Waals surface area (Å²) in [5, 5.41) is 6.88. The van der Waals surface area contributed by atoms with Crippen molar-refractivity contribution >= 4 is 37.5 Å². The quantitative estimate of drug-likeness (QED) is 0.766. The van der Waals surface area contributed by atoms with Crippen LogP contribution >= 0.6 is 15.9 Å². The number of hydrogen-bond donors (Lipinski definition) is 2. The summed E-state index contributed by atoms with van der Waals surface area (Å²) >= 11 is 3.30. The van der Waals surface area contributed by atoms with Crippen molar-refractivity contribution in [2.45, 2.75) is 37.1 Å². The molecule has 7 nitrogen and oxygen atoms in total. The average molecular weight is 427 g/mol. The third kappa shape index (κ3) is 3.94. The number of anilines is 1. The summed E-state index contributed by atoms with van der Waals surface area (Å²) in [6.07, 6.45) is 3.75. The number of carbonyl (C=O) groups excluding carboxylic acids is 1. The first-order valence-electron chi connectivity index (χ1n) is 7.79. The number of rotatable bonds is 5. The van der Waals surface area contributed by atoms with Gasteiger partial charge in [-0.1, -0.05) is 13.8 Å². The third-order valence-corrected chi connectivity index (χ3v) is 6.01. The molecule has 1 aromatic carbocycles. The van der Waals surface area contributed by atoms with Crippen molar-refractivity contribution in [3.8, 4) is 0 Å². The molecule has 2 aromatic rings. The first-order chi connectivity index (χ1) is 11.7. The number of halogens is 1. The van der Waals surface area contributed by atoms with E-state index >= 15 is 0 Å². The molecule has 9 heteroatoms. The molecule has 0 saturated heterocycles. The Hall–Kier alpha value is -1.71. The van der Waals surface area contributed by atoms with Crippen molar-refractivity contribution in [1.29, 1.82) is 0 Å². The second-order valence-corrected chi connectivity index (χ2v) is 9.32. The number of nitrogens with zero attached hydrogens (tertiary/aromatic N) is 2. The van der Waals surface area contributed by atoms with Gasteiger partial charge in [-0.2, -0.15) is 5.10 Å². The van der Waals surface area contributed by atoms with Crippen molar-refractivity contribution < 1.29 is 13.2 Å². The second-order valence-electron chi connectivity index (χ2n) is 6.64. The molecule has 0 fully saturated rings. The molecule has 0 saturated carbocycles. The second kappa shape index (κ2) is 6.54. The predicted molar refractivity (Wildman–Crippen MR) is 97.8 cm³/mol. The molecular formula is C16H19BrN4O3S. The molecule has 1 amide bonds. The van der Waals surface area contributed by atoms with E-state index in [2.05, 4.69) is 31.1 Å². The fourth-order valence-electron chi connectivity index (χ4n) is 2.89. The maximum absolute atomic E-state index is 12.6. The van der Waals surface area contributed by atoms with E-state index in [4.69, 9.17) is 0 Å². The number of benzene rings is 1. The molecule has 1 aliphatic rings. The summed E-state index contributed by atoms with van der Waals surface area (Å²) in [6.45, 7) is 4.53. The summed E-state index contributed by atoms with van der Waals surface area (Å²) in [7, 11) is -3.64. The van der Waals surface area contributed by atoms with Crippen molar-refractivity contribution in [2.75, 3.05) is 11.9 Å². The maximum Gasteiger partial charge on any atom is 0.240 e. The van der Waals surface area contributed by atoms with Crippen LogP contribution in [0.1, 0.15) is 25.8 Å². The van der Waals surface area contributed by atoms with Gasteiger partial charge < -0.3 is 5.32 Å². The van der Waals surface area contributed by atoms with Gasteiger partial charge >= 0.3 is 0 Å². The van der Waals surface area contributed by atoms with Gasteiger partial charge in [0, 0.05) is 30.3 Å². The monoisotopic (exact) mass is 426 g/mol. The average Bonchev–Trinajstić information content (AvgIpc) is 2.91. The molecule has 0 radical (unpaired) electrons. The standard InChI is InChI=1S/C16H19BrN4O3S/c1-16(2)8-15(22)20-14-4-3-12(7-13(14)16)25(23,24)19-5-6-21-10-11(17)9-18-21/h3-4,7,9-10,19H,5-6,8H2,1-2H3,(H,20,22). The molecule has 134 valence electrons. The summed E-state index contributed by atoms with van der Waals surface area (Å²) < 4.78 is 30.2. The van der Waals surface area contributed by atoms with Crippen LogP contribution in [0.25, 0.3) is 0 Å². The van der Waals surface area contributed by atoms with Crippen LogP contribution in [0, 0.1) is 0 Å². The third-order valence-electron chi connectivity index (χ3n) is 4.14. The van der Waals surface area contributed by atoms with Gasteiger partial charge in [0.25, 0.3) is 0 Å². The van der Waals surface area contributed by atoms with E-state index in [0.717, 1.165) is 10.0 Å². The molecule has 1 aliphatic heterocycles. The highest BCUT2D eigenvalue weighted by Crippen LogP contribution is 2.38. The number of aromatic nitrogens is 2. The normalized spacial score (nSPS) is 16.4. The van der Waals surface area contributed by atoms with Crippen LogP contribution in [0.3, 0.4) is 0 Å². The predicted octanol–water partition coefficient (Wildman–Crippen LogP) is 2.24. The minimum atomic E-state index is -3.64. The maximum atomic E-state index is 12.6. The first kappa shape index (κ1) is 18.1. The van der Waals surface area contributed by atoms with Gasteiger partial charge in [0.2, 0.25) is 15.9 Å². The Morgan fingerprint density at radius 3 is 2.84 bits per heavy atom. The van der Waals surface area contributed by atoms with E-state index in [-0.39, 0.29) is 17.3 Å². The highest BCUT2D eigenvalue weighted by Gasteiger charge is 2.33. The molecule has 0 unspecified atom stereocenters. The van der Waals surface area contributed by atoms with Crippen molar-refractivity contribution in [2.24, 2.45) is 0 Å². The zero-order valence-electron chi connectivity index (χ0n) is 13.9. The molecule has 0 bridgehead atoms. The molecule has 25 heavy (non-hydrogen) atoms. The molecular weight excluding hydrogens is 408 g/mol. The summed E-state index contributed by atoms with van der Waals surface area (Å²) in [4.78, 5) is 11.9. The lowest BCUT2D eigenvalue weighted by Crippen LogP contribution is -2.33. The van der Waals surface area contributed by atoms with Crippen molar-refractivity contribution in [3.05, 3.63) is 40.6 Å². The molecule has 0 spiro atoms. The Labute approximate surface area is 155 Å². The Kier molecular flexibility index (Phi) is 4.74. The van der Waals surface area contributed by atoms with Crippen LogP contribution in [0.15, 0.2) is 40.0 Å². The van der Waals surface area contributed by atoms with Gasteiger partial charge in [-0.25, -0.2) is 13.1 Å². The summed E-state index contributed by atoms with van der Waals surface area (Å²) in [5.74, 6) is -0.0587. The zero-order chi connectivity index (χ0) is 18.2. The van der Waals surface area contributed by atoms with Gasteiger partial charge in [0.1, 0.15) is 0 Å². The highest BCUT2D eigenvalue weighted by molar-refractivity contribution is 9.10. The molecule has 3 rings (SSSR count). The molecule has 2 N–H and O–H groups in total. The van der Waals surface area contributed by atoms with Crippen LogP contribution in [0.5, 0.6) is 0 Å². The molecule has 0 aliphatic carbocycles. The molecule has 0 atom stereocenters. The number of sulfonamides is 1. The van der Waals surface area contributed by atoms with Gasteiger partial charge in [-0.05, 0) is 39.7 Å². The molecule has 1 aromatic heterocycles. The van der Waals surface area contributed by atoms with Gasteiger partial charge in [-0.15, -0.1) is 0 Å².